The van der Waals surface area contributed by atoms with Gasteiger partial charge in [-0.2, -0.15) is 16.8 Å². The lowest BCUT2D eigenvalue weighted by Crippen LogP contribution is -2.74. The van der Waals surface area contributed by atoms with Crippen molar-refractivity contribution < 1.29 is 116 Å². The zero-order chi connectivity index (χ0) is 62.1. The molecule has 12 aliphatic rings. The summed E-state index contributed by atoms with van der Waals surface area (Å²) in [6.07, 6.45) is -5.74. The second kappa shape index (κ2) is 24.1. The van der Waals surface area contributed by atoms with Crippen LogP contribution >= 0.6 is 0 Å². The van der Waals surface area contributed by atoms with Crippen LogP contribution < -0.4 is 0 Å². The molecule has 12 aliphatic heterocycles. The third-order valence-electron chi connectivity index (χ3n) is 21.2. The lowest BCUT2D eigenvalue weighted by molar-refractivity contribution is -0.382. The molecule has 0 bridgehead atoms. The molecule has 0 aromatic carbocycles. The fraction of sp³-hybridized carbons (Fsp3) is 0.867. The minimum Gasteiger partial charge on any atom is -0.394 e. The topological polar surface area (TPSA) is 328 Å². The number of rotatable bonds is 15. The van der Waals surface area contributed by atoms with E-state index in [1.165, 1.54) is 0 Å². The van der Waals surface area contributed by atoms with Crippen molar-refractivity contribution in [3.05, 3.63) is 49.1 Å². The Balaban J connectivity index is 0.737. The lowest BCUT2D eigenvalue weighted by atomic mass is 9.73. The van der Waals surface area contributed by atoms with Crippen LogP contribution in [0.2, 0.25) is 0 Å². The predicted molar refractivity (Wildman–Crippen MR) is 302 cm³/mol. The summed E-state index contributed by atoms with van der Waals surface area (Å²) in [5.74, 6) is -0.119. The van der Waals surface area contributed by atoms with Gasteiger partial charge in [-0.15, -0.1) is 6.58 Å². The molecular weight excluding hydrogens is 1180 g/mol. The van der Waals surface area contributed by atoms with Gasteiger partial charge in [-0.25, -0.2) is 8.37 Å². The highest BCUT2D eigenvalue weighted by atomic mass is 32.3. The largest absolute Gasteiger partial charge is 0.397 e. The molecule has 30 atom stereocenters. The van der Waals surface area contributed by atoms with Crippen LogP contribution in [0.3, 0.4) is 0 Å². The highest BCUT2D eigenvalue weighted by Gasteiger charge is 2.67. The van der Waals surface area contributed by atoms with Crippen molar-refractivity contribution in [2.24, 2.45) is 5.92 Å². The second-order valence-electron chi connectivity index (χ2n) is 27.9. The van der Waals surface area contributed by atoms with Gasteiger partial charge < -0.3 is 82.0 Å². The van der Waals surface area contributed by atoms with Crippen LogP contribution in [0.1, 0.15) is 131 Å². The fourth-order valence-corrected chi connectivity index (χ4v) is 17.8. The van der Waals surface area contributed by atoms with E-state index in [0.717, 1.165) is 5.57 Å². The molecule has 87 heavy (non-hydrogen) atoms. The molecule has 12 rings (SSSR count). The summed E-state index contributed by atoms with van der Waals surface area (Å²) in [6, 6.07) is 0. The van der Waals surface area contributed by atoms with Crippen LogP contribution in [0.5, 0.6) is 0 Å². The number of ether oxygens (including phenoxy) is 13. The molecular formula is C60H90O25S2. The van der Waals surface area contributed by atoms with Crippen LogP contribution in [-0.4, -0.2) is 234 Å². The Morgan fingerprint density at radius 2 is 1.32 bits per heavy atom. The van der Waals surface area contributed by atoms with E-state index < -0.39 is 184 Å². The molecule has 0 saturated carbocycles. The zero-order valence-electron chi connectivity index (χ0n) is 50.4. The quantitative estimate of drug-likeness (QED) is 0.0591. The molecule has 492 valence electrons. The third kappa shape index (κ3) is 12.8. The third-order valence-corrected chi connectivity index (χ3v) is 22.2. The van der Waals surface area contributed by atoms with Crippen LogP contribution in [0.25, 0.3) is 0 Å². The number of hydrogen-bond donors (Lipinski definition) is 6. The van der Waals surface area contributed by atoms with Gasteiger partial charge in [-0.1, -0.05) is 43.9 Å². The van der Waals surface area contributed by atoms with E-state index >= 15 is 0 Å². The Hall–Kier alpha value is -1.98. The minimum absolute atomic E-state index is 0.0445. The summed E-state index contributed by atoms with van der Waals surface area (Å²) in [5.41, 5.74) is -4.11. The molecule has 12 fully saturated rings. The predicted octanol–water partition coefficient (Wildman–Crippen LogP) is 3.52. The molecule has 0 aliphatic carbocycles. The lowest BCUT2D eigenvalue weighted by Gasteiger charge is -2.60. The standard InChI is InChI=1S/C60H90O25S2/c1-10-12-29(2)13-16-56(5,64)53-30(3)19-40-39(78-53)25-48-60(9,83-40)54(81-55-50(63)49(62)44(28-61)79-55)52-43(77-48)23-42-51(80-52)31(4)27-59(8)46(76-42)26-45-58(7,85-59)17-14-32-33(75-45)20-35-34(72-32)21-36-37(73-35)22-41-38(74-36)24-47(84-87(68,69)70)57(6,82-41)15-11-18-71-86(65,66)67/h10,13,16,31-55,61-64H,1-3,11-12,14-15,17-28H2,4-9H3,(H,65,66,67)(H,68,69,70)/b16-13+/t31-,32-,33+,34+,35-,36-,37+,38+,39+,40-,41-,42-,43+,44-,45-,46+,47-,48-,49-,50+,51+,52+,53+,54+,55+,56-,57+,58+,59-,60-/m0/s1. The highest BCUT2D eigenvalue weighted by Crippen LogP contribution is 2.55. The van der Waals surface area contributed by atoms with Gasteiger partial charge in [-0.3, -0.25) is 9.11 Å². The van der Waals surface area contributed by atoms with Gasteiger partial charge >= 0.3 is 20.8 Å². The molecule has 0 radical (unpaired) electrons. The molecule has 0 unspecified atom stereocenters. The number of fused-ring (bicyclic) bond motifs is 10. The van der Waals surface area contributed by atoms with Gasteiger partial charge in [-0.05, 0) is 91.1 Å². The van der Waals surface area contributed by atoms with Gasteiger partial charge in [0.25, 0.3) is 0 Å². The first kappa shape index (κ1) is 65.1. The maximum atomic E-state index is 12.0. The van der Waals surface area contributed by atoms with Gasteiger partial charge in [0, 0.05) is 44.9 Å². The van der Waals surface area contributed by atoms with Crippen LogP contribution in [0, 0.1) is 5.92 Å². The van der Waals surface area contributed by atoms with Gasteiger partial charge in [0.15, 0.2) is 6.29 Å². The van der Waals surface area contributed by atoms with Crippen molar-refractivity contribution in [2.45, 2.75) is 306 Å². The SMILES string of the molecule is C=CCC(=C)/C=C/[C@](C)(O)[C@@H]1O[C@@H]2C[C@@H]3O[C@@H]4C[C@@H]5O[C@@H]6C[C@@H]7O[C@@H]8C[C@@H]9O[C@@H]%10C[C@@H]%11O[C@](C)(CCCOS(=O)(=O)O)[C@@H](OS(=O)(=O)O)C[C@H]%11O[C@H]%10C[C@H]9O[C@H]8CC[C@@]7(C)O[C@@]6(C)C[C@H](C)[C@H]5O[C@H]4[C@@H](O[C@H]4O[C@@H](CO)[C@H](O)[C@H]4O)[C@@]3(C)O[C@H]2CC1=C. The first-order valence-electron chi connectivity index (χ1n) is 31.1. The van der Waals surface area contributed by atoms with E-state index in [9.17, 15) is 41.8 Å². The van der Waals surface area contributed by atoms with E-state index in [1.54, 1.807) is 32.1 Å². The zero-order valence-corrected chi connectivity index (χ0v) is 52.0. The Morgan fingerprint density at radius 3 is 1.99 bits per heavy atom. The van der Waals surface area contributed by atoms with Crippen molar-refractivity contribution in [2.75, 3.05) is 13.2 Å². The monoisotopic (exact) mass is 1270 g/mol. The molecule has 0 amide bonds. The van der Waals surface area contributed by atoms with Crippen molar-refractivity contribution in [3.8, 4) is 0 Å². The first-order valence-corrected chi connectivity index (χ1v) is 33.8. The number of allylic oxidation sites excluding steroid dienone is 3. The van der Waals surface area contributed by atoms with Crippen LogP contribution in [0.15, 0.2) is 49.1 Å². The first-order chi connectivity index (χ1) is 40.9. The Labute approximate surface area is 509 Å². The summed E-state index contributed by atoms with van der Waals surface area (Å²) in [6.45, 7) is 22.8. The van der Waals surface area contributed by atoms with E-state index in [4.69, 9.17) is 70.3 Å². The second-order valence-corrected chi connectivity index (χ2v) is 30.0. The molecule has 0 aromatic heterocycles. The highest BCUT2D eigenvalue weighted by molar-refractivity contribution is 7.81. The minimum atomic E-state index is -4.93. The Morgan fingerprint density at radius 1 is 0.713 bits per heavy atom. The van der Waals surface area contributed by atoms with Gasteiger partial charge in [0.05, 0.1) is 128 Å². The van der Waals surface area contributed by atoms with E-state index in [-0.39, 0.29) is 49.6 Å². The van der Waals surface area contributed by atoms with E-state index in [0.29, 0.717) is 76.2 Å². The molecule has 0 aromatic rings. The summed E-state index contributed by atoms with van der Waals surface area (Å²) in [7, 11) is -9.64. The smallest absolute Gasteiger partial charge is 0.394 e. The number of aliphatic hydroxyl groups excluding tert-OH is 3. The fourth-order valence-electron chi connectivity index (χ4n) is 16.9. The van der Waals surface area contributed by atoms with Crippen molar-refractivity contribution in [3.63, 3.8) is 0 Å². The molecule has 12 heterocycles. The van der Waals surface area contributed by atoms with E-state index in [2.05, 4.69) is 44.7 Å². The normalized spacial score (nSPS) is 51.2. The van der Waals surface area contributed by atoms with Crippen molar-refractivity contribution in [1.29, 1.82) is 0 Å². The van der Waals surface area contributed by atoms with Crippen molar-refractivity contribution in [1.82, 2.24) is 0 Å². The maximum Gasteiger partial charge on any atom is 0.397 e. The maximum absolute atomic E-state index is 12.0. The van der Waals surface area contributed by atoms with Crippen LogP contribution in [0.4, 0.5) is 0 Å². The van der Waals surface area contributed by atoms with Gasteiger partial charge in [0.2, 0.25) is 0 Å². The average molecular weight is 1280 g/mol. The van der Waals surface area contributed by atoms with Crippen molar-refractivity contribution >= 4 is 20.8 Å². The van der Waals surface area contributed by atoms with Crippen LogP contribution in [-0.2, 0) is 90.7 Å². The average Bonchev–Trinajstić information content (AvgIpc) is 1.65. The summed E-state index contributed by atoms with van der Waals surface area (Å²) in [4.78, 5) is 0. The molecule has 27 heteroatoms. The Kier molecular flexibility index (Phi) is 18.0. The molecule has 25 nitrogen and oxygen atoms in total. The summed E-state index contributed by atoms with van der Waals surface area (Å²) in [5, 5.41) is 44.1. The molecule has 6 N–H and O–H groups in total. The number of aliphatic hydroxyl groups is 4. The Bertz CT molecular complexity index is 2820. The molecule has 12 saturated heterocycles. The summed E-state index contributed by atoms with van der Waals surface area (Å²) < 4.78 is 165. The number of hydrogen-bond acceptors (Lipinski definition) is 23. The summed E-state index contributed by atoms with van der Waals surface area (Å²) >= 11 is 0. The van der Waals surface area contributed by atoms with Gasteiger partial charge in [0.1, 0.15) is 53.9 Å². The van der Waals surface area contributed by atoms with E-state index in [1.807, 2.05) is 6.92 Å². The molecule has 0 spiro atoms.